The van der Waals surface area contributed by atoms with Crippen molar-refractivity contribution in [2.45, 2.75) is 38.5 Å². The Balaban J connectivity index is 1.12. The Morgan fingerprint density at radius 1 is 0.339 bits per heavy atom. The van der Waals surface area contributed by atoms with Gasteiger partial charge >= 0.3 is 0 Å². The van der Waals surface area contributed by atoms with Gasteiger partial charge in [-0.15, -0.1) is 0 Å². The zero-order valence-electron chi connectivity index (χ0n) is 35.3. The second kappa shape index (κ2) is 11.7. The van der Waals surface area contributed by atoms with Crippen LogP contribution in [0.5, 0.6) is 0 Å². The van der Waals surface area contributed by atoms with E-state index < -0.39 is 13.5 Å². The molecule has 2 spiro atoms. The van der Waals surface area contributed by atoms with Gasteiger partial charge in [-0.25, -0.2) is 0 Å². The number of benzene rings is 9. The lowest BCUT2D eigenvalue weighted by molar-refractivity contribution is 0.655. The number of hydrogen-bond acceptors (Lipinski definition) is 1. The highest BCUT2D eigenvalue weighted by molar-refractivity contribution is 7.24. The molecule has 14 rings (SSSR count). The normalized spacial score (nSPS) is 16.1. The molecule has 0 radical (unpaired) electrons. The molecule has 0 aromatic heterocycles. The van der Waals surface area contributed by atoms with Gasteiger partial charge in [0.1, 0.15) is 0 Å². The van der Waals surface area contributed by atoms with Crippen LogP contribution in [-0.4, -0.2) is 8.07 Å². The van der Waals surface area contributed by atoms with Crippen LogP contribution in [0.2, 0.25) is 0 Å². The Labute approximate surface area is 364 Å². The molecule has 0 N–H and O–H groups in total. The first kappa shape index (κ1) is 34.7. The smallest absolute Gasteiger partial charge is 0.182 e. The van der Waals surface area contributed by atoms with Gasteiger partial charge in [-0.1, -0.05) is 189 Å². The average Bonchev–Trinajstić information content (AvgIpc) is 3.94. The van der Waals surface area contributed by atoms with Crippen molar-refractivity contribution in [1.82, 2.24) is 0 Å². The van der Waals surface area contributed by atoms with Crippen molar-refractivity contribution in [2.24, 2.45) is 0 Å². The molecule has 0 bridgehead atoms. The summed E-state index contributed by atoms with van der Waals surface area (Å²) in [4.78, 5) is 2.64. The Hall–Kier alpha value is -7.00. The second-order valence-corrected chi connectivity index (χ2v) is 22.6. The zero-order valence-corrected chi connectivity index (χ0v) is 36.3. The molecule has 2 heteroatoms. The van der Waals surface area contributed by atoms with E-state index in [1.807, 2.05) is 0 Å². The summed E-state index contributed by atoms with van der Waals surface area (Å²) in [5.74, 6) is 0. The minimum atomic E-state index is -2.68. The summed E-state index contributed by atoms with van der Waals surface area (Å²) in [6.07, 6.45) is 0. The third-order valence-electron chi connectivity index (χ3n) is 15.6. The Morgan fingerprint density at radius 2 is 0.823 bits per heavy atom. The maximum absolute atomic E-state index is 2.68. The molecule has 9 aromatic carbocycles. The molecular formula is C60H43NSi. The van der Waals surface area contributed by atoms with Crippen molar-refractivity contribution in [3.63, 3.8) is 0 Å². The lowest BCUT2D eigenvalue weighted by atomic mass is 9.63. The Kier molecular flexibility index (Phi) is 6.53. The van der Waals surface area contributed by atoms with E-state index in [2.05, 4.69) is 221 Å². The molecule has 0 fully saturated rings. The number of aryl methyl sites for hydroxylation is 2. The lowest BCUT2D eigenvalue weighted by Gasteiger charge is -2.46. The third-order valence-corrected chi connectivity index (χ3v) is 20.5. The number of nitrogens with zero attached hydrogens (tertiary/aromatic N) is 1. The van der Waals surface area contributed by atoms with Gasteiger partial charge in [0.25, 0.3) is 0 Å². The largest absolute Gasteiger partial charge is 0.310 e. The zero-order chi connectivity index (χ0) is 41.3. The molecule has 9 aromatic rings. The molecule has 292 valence electrons. The van der Waals surface area contributed by atoms with Crippen LogP contribution in [0.4, 0.5) is 17.1 Å². The van der Waals surface area contributed by atoms with Crippen molar-refractivity contribution < 1.29 is 0 Å². The van der Waals surface area contributed by atoms with Gasteiger partial charge in [0.15, 0.2) is 8.07 Å². The maximum atomic E-state index is 2.64. The number of hydrogen-bond donors (Lipinski definition) is 0. The Bertz CT molecular complexity index is 3380. The van der Waals surface area contributed by atoms with Gasteiger partial charge in [0.2, 0.25) is 0 Å². The fourth-order valence-corrected chi connectivity index (χ4v) is 18.7. The highest BCUT2D eigenvalue weighted by Gasteiger charge is 2.56. The predicted octanol–water partition coefficient (Wildman–Crippen LogP) is 12.1. The van der Waals surface area contributed by atoms with Crippen LogP contribution in [-0.2, 0) is 10.8 Å². The molecule has 0 saturated heterocycles. The van der Waals surface area contributed by atoms with Gasteiger partial charge in [-0.05, 0) is 137 Å². The molecule has 2 aliphatic carbocycles. The van der Waals surface area contributed by atoms with E-state index in [-0.39, 0.29) is 5.41 Å². The minimum Gasteiger partial charge on any atom is -0.310 e. The average molecular weight is 806 g/mol. The van der Waals surface area contributed by atoms with Crippen LogP contribution in [0.25, 0.3) is 44.5 Å². The third kappa shape index (κ3) is 3.93. The first-order valence-electron chi connectivity index (χ1n) is 22.2. The summed E-state index contributed by atoms with van der Waals surface area (Å²) in [6, 6.07) is 73.4. The SMILES string of the molecule is Cc1ccc2c(c1)C1(c3cc(C)ccc3-2)c2ccccc2N(c2ccc3c(c2)[Si]2(c4ccccc4-c4ccccc42)c2ccccc2-3)c2cc3c(cc21)C(C)(C)c1ccccc1-3. The first-order chi connectivity index (χ1) is 30.3. The van der Waals surface area contributed by atoms with Crippen LogP contribution < -0.4 is 25.6 Å². The maximum Gasteiger partial charge on any atom is 0.182 e. The lowest BCUT2D eigenvalue weighted by Crippen LogP contribution is -2.70. The van der Waals surface area contributed by atoms with E-state index in [4.69, 9.17) is 0 Å². The van der Waals surface area contributed by atoms with E-state index >= 15 is 0 Å². The highest BCUT2D eigenvalue weighted by atomic mass is 28.3. The van der Waals surface area contributed by atoms with E-state index in [0.29, 0.717) is 0 Å². The topological polar surface area (TPSA) is 3.24 Å². The van der Waals surface area contributed by atoms with Crippen LogP contribution >= 0.6 is 0 Å². The molecule has 1 nitrogen and oxygen atoms in total. The summed E-state index contributed by atoms with van der Waals surface area (Å²) in [7, 11) is -2.68. The second-order valence-electron chi connectivity index (χ2n) is 18.9. The van der Waals surface area contributed by atoms with Crippen molar-refractivity contribution >= 4 is 45.9 Å². The minimum absolute atomic E-state index is 0.159. The number of fused-ring (bicyclic) bond motifs is 22. The summed E-state index contributed by atoms with van der Waals surface area (Å²) in [6.45, 7) is 9.37. The van der Waals surface area contributed by atoms with Crippen molar-refractivity contribution in [2.75, 3.05) is 4.90 Å². The summed E-state index contributed by atoms with van der Waals surface area (Å²) in [5, 5.41) is 6.00. The predicted molar refractivity (Wildman–Crippen MR) is 261 cm³/mol. The van der Waals surface area contributed by atoms with Crippen LogP contribution in [0, 0.1) is 13.8 Å². The van der Waals surface area contributed by atoms with Gasteiger partial charge < -0.3 is 4.90 Å². The molecule has 3 heterocycles. The van der Waals surface area contributed by atoms with E-state index in [1.54, 1.807) is 0 Å². The van der Waals surface area contributed by atoms with Crippen LogP contribution in [0.1, 0.15) is 58.4 Å². The van der Waals surface area contributed by atoms with E-state index in [1.165, 1.54) is 127 Å². The number of rotatable bonds is 1. The van der Waals surface area contributed by atoms with Crippen molar-refractivity contribution in [3.05, 3.63) is 233 Å². The number of para-hydroxylation sites is 1. The molecule has 0 atom stereocenters. The fraction of sp³-hybridized carbons (Fsp3) is 0.100. The highest BCUT2D eigenvalue weighted by Crippen LogP contribution is 2.65. The molecule has 0 saturated carbocycles. The monoisotopic (exact) mass is 805 g/mol. The molecule has 3 aliphatic heterocycles. The van der Waals surface area contributed by atoms with Crippen molar-refractivity contribution in [1.29, 1.82) is 0 Å². The van der Waals surface area contributed by atoms with Gasteiger partial charge in [0, 0.05) is 11.1 Å². The Morgan fingerprint density at radius 3 is 1.44 bits per heavy atom. The fourth-order valence-electron chi connectivity index (χ4n) is 13.1. The molecule has 62 heavy (non-hydrogen) atoms. The standard InChI is InChI=1S/C60H43NSi/c1-36-25-28-40-41-29-26-37(2)32-51(41)60(50(40)31-36)48-20-10-11-21-53(48)61(54-34-46-39-15-5-9-19-47(39)59(3,4)49(46)35-52(54)60)38-27-30-45-44-18-8-14-24-57(44)62(58(45)33-38)55-22-12-6-16-42(55)43-17-7-13-23-56(43)62/h5-35H,1-4H3. The quantitative estimate of drug-likeness (QED) is 0.149. The molecule has 0 amide bonds. The number of anilines is 3. The van der Waals surface area contributed by atoms with Gasteiger partial charge in [0.05, 0.1) is 16.8 Å². The van der Waals surface area contributed by atoms with Crippen LogP contribution in [0.15, 0.2) is 188 Å². The summed E-state index contributed by atoms with van der Waals surface area (Å²) < 4.78 is 0. The molecule has 0 unspecified atom stereocenters. The van der Waals surface area contributed by atoms with Crippen LogP contribution in [0.3, 0.4) is 0 Å². The summed E-state index contributed by atoms with van der Waals surface area (Å²) >= 11 is 0. The summed E-state index contributed by atoms with van der Waals surface area (Å²) in [5.41, 5.74) is 24.8. The van der Waals surface area contributed by atoms with Gasteiger partial charge in [-0.3, -0.25) is 0 Å². The van der Waals surface area contributed by atoms with Gasteiger partial charge in [-0.2, -0.15) is 0 Å². The van der Waals surface area contributed by atoms with E-state index in [0.717, 1.165) is 0 Å². The molecule has 5 aliphatic rings. The van der Waals surface area contributed by atoms with E-state index in [9.17, 15) is 0 Å². The van der Waals surface area contributed by atoms with Crippen molar-refractivity contribution in [3.8, 4) is 44.5 Å². The molecular weight excluding hydrogens is 763 g/mol. The first-order valence-corrected chi connectivity index (χ1v) is 24.2.